The summed E-state index contributed by atoms with van der Waals surface area (Å²) in [7, 11) is 0. The highest BCUT2D eigenvalue weighted by atomic mass is 16.3. The van der Waals surface area contributed by atoms with Crippen LogP contribution in [0.3, 0.4) is 0 Å². The Morgan fingerprint density at radius 1 is 1.63 bits per heavy atom. The van der Waals surface area contributed by atoms with E-state index in [0.29, 0.717) is 32.1 Å². The van der Waals surface area contributed by atoms with Gasteiger partial charge >= 0.3 is 0 Å². The van der Waals surface area contributed by atoms with Gasteiger partial charge < -0.3 is 14.9 Å². The number of amides is 2. The van der Waals surface area contributed by atoms with Crippen molar-refractivity contribution in [2.75, 3.05) is 32.8 Å². The van der Waals surface area contributed by atoms with Gasteiger partial charge in [0.15, 0.2) is 0 Å². The van der Waals surface area contributed by atoms with Crippen LogP contribution in [0.5, 0.6) is 0 Å². The number of aliphatic hydroxyl groups is 1. The highest BCUT2D eigenvalue weighted by Crippen LogP contribution is 2.21. The lowest BCUT2D eigenvalue weighted by Crippen LogP contribution is -2.39. The first-order valence-electron chi connectivity index (χ1n) is 6.77. The van der Waals surface area contributed by atoms with E-state index in [1.165, 1.54) is 0 Å². The summed E-state index contributed by atoms with van der Waals surface area (Å²) in [5.41, 5.74) is 0. The van der Waals surface area contributed by atoms with Crippen LogP contribution >= 0.6 is 0 Å². The summed E-state index contributed by atoms with van der Waals surface area (Å²) in [5.74, 6) is 0.112. The third kappa shape index (κ3) is 4.35. The molecule has 0 radical (unpaired) electrons. The summed E-state index contributed by atoms with van der Waals surface area (Å²) in [6.45, 7) is 9.54. The molecule has 0 saturated carbocycles. The lowest BCUT2D eigenvalue weighted by molar-refractivity contribution is -0.135. The predicted molar refractivity (Wildman–Crippen MR) is 73.4 cm³/mol. The number of likely N-dealkylation sites (tertiary alicyclic amines) is 1. The largest absolute Gasteiger partial charge is 0.395 e. The summed E-state index contributed by atoms with van der Waals surface area (Å²) < 4.78 is 0. The van der Waals surface area contributed by atoms with E-state index in [2.05, 4.69) is 20.4 Å². The van der Waals surface area contributed by atoms with Crippen LogP contribution < -0.4 is 0 Å². The van der Waals surface area contributed by atoms with Gasteiger partial charge in [0.05, 0.1) is 12.5 Å². The van der Waals surface area contributed by atoms with E-state index in [4.69, 9.17) is 5.11 Å². The zero-order chi connectivity index (χ0) is 14.4. The molecule has 5 heteroatoms. The predicted octanol–water partition coefficient (Wildman–Crippen LogP) is 0.498. The number of carbonyl (C=O) groups excluding carboxylic acids is 2. The molecule has 1 aliphatic heterocycles. The number of aliphatic hydroxyl groups excluding tert-OH is 1. The van der Waals surface area contributed by atoms with Gasteiger partial charge in [-0.2, -0.15) is 0 Å². The zero-order valence-corrected chi connectivity index (χ0v) is 11.8. The van der Waals surface area contributed by atoms with Gasteiger partial charge in [-0.3, -0.25) is 9.59 Å². The first-order valence-corrected chi connectivity index (χ1v) is 6.77. The average Bonchev–Trinajstić information content (AvgIpc) is 2.69. The van der Waals surface area contributed by atoms with E-state index in [9.17, 15) is 9.59 Å². The molecule has 1 N–H and O–H groups in total. The van der Waals surface area contributed by atoms with Crippen molar-refractivity contribution in [3.05, 3.63) is 12.7 Å². The average molecular weight is 268 g/mol. The van der Waals surface area contributed by atoms with E-state index in [1.807, 2.05) is 0 Å². The maximum absolute atomic E-state index is 12.3. The van der Waals surface area contributed by atoms with Crippen molar-refractivity contribution in [1.82, 2.24) is 9.80 Å². The van der Waals surface area contributed by atoms with Crippen molar-refractivity contribution in [3.63, 3.8) is 0 Å². The maximum atomic E-state index is 12.3. The Balaban J connectivity index is 2.62. The van der Waals surface area contributed by atoms with E-state index in [-0.39, 0.29) is 30.8 Å². The molecule has 1 unspecified atom stereocenters. The molecule has 2 amide bonds. The molecule has 5 nitrogen and oxygen atoms in total. The van der Waals surface area contributed by atoms with Crippen LogP contribution in [-0.4, -0.2) is 59.5 Å². The molecule has 0 spiro atoms. The molecule has 0 aromatic carbocycles. The normalized spacial score (nSPS) is 19.1. The Hall–Kier alpha value is -1.36. The van der Waals surface area contributed by atoms with Gasteiger partial charge in [-0.15, -0.1) is 6.58 Å². The van der Waals surface area contributed by atoms with Crippen LogP contribution in [-0.2, 0) is 9.59 Å². The minimum atomic E-state index is -0.280. The van der Waals surface area contributed by atoms with Crippen LogP contribution in [0, 0.1) is 11.8 Å². The minimum Gasteiger partial charge on any atom is -0.395 e. The molecule has 0 aromatic rings. The van der Waals surface area contributed by atoms with E-state index >= 15 is 0 Å². The van der Waals surface area contributed by atoms with Crippen LogP contribution in [0.2, 0.25) is 0 Å². The lowest BCUT2D eigenvalue weighted by atomic mass is 10.1. The van der Waals surface area contributed by atoms with Gasteiger partial charge in [-0.05, 0) is 5.92 Å². The van der Waals surface area contributed by atoms with Crippen molar-refractivity contribution in [2.24, 2.45) is 11.8 Å². The fraction of sp³-hybridized carbons (Fsp3) is 0.714. The van der Waals surface area contributed by atoms with Gasteiger partial charge in [0.25, 0.3) is 0 Å². The third-order valence-electron chi connectivity index (χ3n) is 3.18. The van der Waals surface area contributed by atoms with Crippen LogP contribution in [0.1, 0.15) is 20.3 Å². The van der Waals surface area contributed by atoms with Gasteiger partial charge in [0.2, 0.25) is 11.8 Å². The van der Waals surface area contributed by atoms with Crippen molar-refractivity contribution < 1.29 is 14.7 Å². The van der Waals surface area contributed by atoms with Crippen molar-refractivity contribution in [3.8, 4) is 0 Å². The fourth-order valence-electron chi connectivity index (χ4n) is 2.38. The van der Waals surface area contributed by atoms with Crippen LogP contribution in [0.15, 0.2) is 12.7 Å². The Labute approximate surface area is 114 Å². The SMILES string of the molecule is C=CCN(CCO)C(=O)C1CC(=O)N(CC(C)C)C1. The zero-order valence-electron chi connectivity index (χ0n) is 11.8. The quantitative estimate of drug-likeness (QED) is 0.684. The van der Waals surface area contributed by atoms with Gasteiger partial charge in [-0.1, -0.05) is 19.9 Å². The van der Waals surface area contributed by atoms with Gasteiger partial charge in [0.1, 0.15) is 0 Å². The Morgan fingerprint density at radius 2 is 2.32 bits per heavy atom. The first-order chi connectivity index (χ1) is 8.99. The molecule has 108 valence electrons. The summed E-state index contributed by atoms with van der Waals surface area (Å²) >= 11 is 0. The monoisotopic (exact) mass is 268 g/mol. The molecule has 1 atom stereocenters. The third-order valence-corrected chi connectivity index (χ3v) is 3.18. The molecule has 1 saturated heterocycles. The summed E-state index contributed by atoms with van der Waals surface area (Å²) in [6.07, 6.45) is 1.92. The highest BCUT2D eigenvalue weighted by molar-refractivity contribution is 5.89. The second-order valence-corrected chi connectivity index (χ2v) is 5.39. The van der Waals surface area contributed by atoms with Gasteiger partial charge in [-0.25, -0.2) is 0 Å². The molecular weight excluding hydrogens is 244 g/mol. The van der Waals surface area contributed by atoms with Crippen LogP contribution in [0.4, 0.5) is 0 Å². The smallest absolute Gasteiger partial charge is 0.228 e. The molecule has 1 fully saturated rings. The molecule has 19 heavy (non-hydrogen) atoms. The summed E-state index contributed by atoms with van der Waals surface area (Å²) in [6, 6.07) is 0. The minimum absolute atomic E-state index is 0.0506. The number of hydrogen-bond donors (Lipinski definition) is 1. The Bertz CT molecular complexity index is 342. The molecule has 1 rings (SSSR count). The van der Waals surface area contributed by atoms with E-state index < -0.39 is 0 Å². The number of nitrogens with zero attached hydrogens (tertiary/aromatic N) is 2. The van der Waals surface area contributed by atoms with Crippen LogP contribution in [0.25, 0.3) is 0 Å². The molecule has 1 aliphatic rings. The second kappa shape index (κ2) is 7.28. The Morgan fingerprint density at radius 3 is 2.84 bits per heavy atom. The summed E-state index contributed by atoms with van der Waals surface area (Å²) in [4.78, 5) is 27.5. The highest BCUT2D eigenvalue weighted by Gasteiger charge is 2.36. The number of hydrogen-bond acceptors (Lipinski definition) is 3. The first kappa shape index (κ1) is 15.7. The molecule has 1 heterocycles. The van der Waals surface area contributed by atoms with Crippen molar-refractivity contribution in [2.45, 2.75) is 20.3 Å². The lowest BCUT2D eigenvalue weighted by Gasteiger charge is -2.24. The molecule has 0 bridgehead atoms. The van der Waals surface area contributed by atoms with Gasteiger partial charge in [0, 0.05) is 32.6 Å². The van der Waals surface area contributed by atoms with E-state index in [0.717, 1.165) is 0 Å². The fourth-order valence-corrected chi connectivity index (χ4v) is 2.38. The molecule has 0 aliphatic carbocycles. The Kier molecular flexibility index (Phi) is 6.02. The molecular formula is C14H24N2O3. The topological polar surface area (TPSA) is 60.9 Å². The number of carbonyl (C=O) groups is 2. The van der Waals surface area contributed by atoms with Crippen molar-refractivity contribution in [1.29, 1.82) is 0 Å². The van der Waals surface area contributed by atoms with E-state index in [1.54, 1.807) is 15.9 Å². The second-order valence-electron chi connectivity index (χ2n) is 5.39. The maximum Gasteiger partial charge on any atom is 0.228 e. The molecule has 0 aromatic heterocycles. The number of rotatable bonds is 7. The van der Waals surface area contributed by atoms with Crippen molar-refractivity contribution >= 4 is 11.8 Å². The standard InChI is InChI=1S/C14H24N2O3/c1-4-5-15(6-7-17)14(19)12-8-13(18)16(10-12)9-11(2)3/h4,11-12,17H,1,5-10H2,2-3H3. The summed E-state index contributed by atoms with van der Waals surface area (Å²) in [5, 5.41) is 8.97.